The Hall–Kier alpha value is -3.38. The Morgan fingerprint density at radius 3 is 2.39 bits per heavy atom. The molecule has 0 spiro atoms. The van der Waals surface area contributed by atoms with E-state index in [0.717, 1.165) is 22.6 Å². The third-order valence-electron chi connectivity index (χ3n) is 4.82. The number of benzene rings is 3. The van der Waals surface area contributed by atoms with Crippen molar-refractivity contribution in [2.45, 2.75) is 19.4 Å². The van der Waals surface area contributed by atoms with Gasteiger partial charge in [0.15, 0.2) is 0 Å². The van der Waals surface area contributed by atoms with Gasteiger partial charge in [-0.3, -0.25) is 9.69 Å². The van der Waals surface area contributed by atoms with Gasteiger partial charge in [0, 0.05) is 13.0 Å². The van der Waals surface area contributed by atoms with Crippen molar-refractivity contribution in [1.29, 1.82) is 0 Å². The number of hydrogen-bond acceptors (Lipinski definition) is 4. The molecule has 31 heavy (non-hydrogen) atoms. The van der Waals surface area contributed by atoms with Crippen LogP contribution in [-0.2, 0) is 4.79 Å². The average molecular weight is 423 g/mol. The molecule has 0 aliphatic carbocycles. The van der Waals surface area contributed by atoms with E-state index < -0.39 is 5.97 Å². The molecule has 0 bridgehead atoms. The summed E-state index contributed by atoms with van der Waals surface area (Å²) in [6.07, 6.45) is 0.202. The van der Waals surface area contributed by atoms with Gasteiger partial charge < -0.3 is 14.6 Å². The van der Waals surface area contributed by atoms with Crippen molar-refractivity contribution in [1.82, 2.24) is 4.90 Å². The van der Waals surface area contributed by atoms with E-state index in [0.29, 0.717) is 18.7 Å². The zero-order valence-electron chi connectivity index (χ0n) is 17.6. The highest BCUT2D eigenvalue weighted by atomic mass is 19.1. The zero-order valence-corrected chi connectivity index (χ0v) is 17.6. The number of aryl methyl sites for hydroxylation is 1. The van der Waals surface area contributed by atoms with Crippen LogP contribution in [0.5, 0.6) is 17.2 Å². The van der Waals surface area contributed by atoms with Gasteiger partial charge in [0.1, 0.15) is 29.2 Å². The standard InChI is InChI=1S/C25H26FNO4/c1-18-16-22(12-13-23(18)30-21-6-4-3-5-7-21)31-24(14-15-27(2)17-25(28)29)19-8-10-20(26)11-9-19/h3-13,16,24H,14-15,17H2,1-2H3,(H,28,29). The second-order valence-electron chi connectivity index (χ2n) is 7.42. The number of hydrogen-bond donors (Lipinski definition) is 1. The first-order valence-corrected chi connectivity index (χ1v) is 10.1. The largest absolute Gasteiger partial charge is 0.486 e. The summed E-state index contributed by atoms with van der Waals surface area (Å²) < 4.78 is 25.5. The van der Waals surface area contributed by atoms with Crippen molar-refractivity contribution >= 4 is 5.97 Å². The quantitative estimate of drug-likeness (QED) is 0.470. The second kappa shape index (κ2) is 10.6. The van der Waals surface area contributed by atoms with E-state index in [1.54, 1.807) is 24.1 Å². The number of nitrogens with zero attached hydrogens (tertiary/aromatic N) is 1. The Balaban J connectivity index is 1.74. The van der Waals surface area contributed by atoms with Gasteiger partial charge >= 0.3 is 5.97 Å². The minimum atomic E-state index is -0.883. The molecular weight excluding hydrogens is 397 g/mol. The lowest BCUT2D eigenvalue weighted by Gasteiger charge is -2.23. The molecular formula is C25H26FNO4. The lowest BCUT2D eigenvalue weighted by molar-refractivity contribution is -0.138. The van der Waals surface area contributed by atoms with Gasteiger partial charge in [-0.05, 0) is 67.6 Å². The molecule has 3 aromatic rings. The summed E-state index contributed by atoms with van der Waals surface area (Å²) in [6, 6.07) is 21.3. The van der Waals surface area contributed by atoms with Crippen LogP contribution in [0.1, 0.15) is 23.7 Å². The van der Waals surface area contributed by atoms with Crippen molar-refractivity contribution in [3.63, 3.8) is 0 Å². The molecule has 1 atom stereocenters. The Morgan fingerprint density at radius 1 is 1.03 bits per heavy atom. The molecule has 0 saturated carbocycles. The Kier molecular flexibility index (Phi) is 7.62. The van der Waals surface area contributed by atoms with E-state index in [2.05, 4.69) is 0 Å². The molecule has 3 rings (SSSR count). The third-order valence-corrected chi connectivity index (χ3v) is 4.82. The molecule has 6 heteroatoms. The molecule has 0 aliphatic heterocycles. The van der Waals surface area contributed by atoms with E-state index in [9.17, 15) is 9.18 Å². The first-order chi connectivity index (χ1) is 14.9. The summed E-state index contributed by atoms with van der Waals surface area (Å²) in [7, 11) is 1.75. The van der Waals surface area contributed by atoms with E-state index in [1.807, 2.05) is 55.5 Å². The van der Waals surface area contributed by atoms with Crippen molar-refractivity contribution in [2.75, 3.05) is 20.1 Å². The molecule has 0 amide bonds. The van der Waals surface area contributed by atoms with E-state index >= 15 is 0 Å². The predicted octanol–water partition coefficient (Wildman–Crippen LogP) is 5.45. The van der Waals surface area contributed by atoms with Gasteiger partial charge in [0.25, 0.3) is 0 Å². The molecule has 0 saturated heterocycles. The number of ether oxygens (including phenoxy) is 2. The molecule has 3 aromatic carbocycles. The van der Waals surface area contributed by atoms with Crippen molar-refractivity contribution in [3.05, 3.63) is 89.7 Å². The molecule has 1 N–H and O–H groups in total. The van der Waals surface area contributed by atoms with Crippen LogP contribution in [0.2, 0.25) is 0 Å². The maximum absolute atomic E-state index is 13.4. The minimum Gasteiger partial charge on any atom is -0.486 e. The number of likely N-dealkylation sites (N-methyl/N-ethyl adjacent to an activating group) is 1. The summed E-state index contributed by atoms with van der Waals surface area (Å²) in [4.78, 5) is 12.6. The topological polar surface area (TPSA) is 59.0 Å². The number of aliphatic carboxylic acids is 1. The SMILES string of the molecule is Cc1cc(OC(CCN(C)CC(=O)O)c2ccc(F)cc2)ccc1Oc1ccccc1. The summed E-state index contributed by atoms with van der Waals surface area (Å²) in [5.74, 6) is 0.950. The molecule has 0 fully saturated rings. The average Bonchev–Trinajstić information content (AvgIpc) is 2.74. The van der Waals surface area contributed by atoms with Crippen molar-refractivity contribution in [2.24, 2.45) is 0 Å². The molecule has 0 aliphatic rings. The Labute approximate surface area is 181 Å². The maximum Gasteiger partial charge on any atom is 0.317 e. The fraction of sp³-hybridized carbons (Fsp3) is 0.240. The summed E-state index contributed by atoms with van der Waals surface area (Å²) >= 11 is 0. The van der Waals surface area contributed by atoms with Crippen molar-refractivity contribution < 1.29 is 23.8 Å². The summed E-state index contributed by atoms with van der Waals surface area (Å²) in [5, 5.41) is 8.97. The number of carboxylic acid groups (broad SMARTS) is 1. The van der Waals surface area contributed by atoms with Gasteiger partial charge in [0.2, 0.25) is 0 Å². The number of halogens is 1. The molecule has 1 unspecified atom stereocenters. The predicted molar refractivity (Wildman–Crippen MR) is 117 cm³/mol. The monoisotopic (exact) mass is 423 g/mol. The number of rotatable bonds is 10. The molecule has 0 aromatic heterocycles. The smallest absolute Gasteiger partial charge is 0.317 e. The van der Waals surface area contributed by atoms with Gasteiger partial charge in [-0.25, -0.2) is 4.39 Å². The summed E-state index contributed by atoms with van der Waals surface area (Å²) in [5.41, 5.74) is 1.74. The number of carboxylic acids is 1. The van der Waals surface area contributed by atoms with E-state index in [4.69, 9.17) is 14.6 Å². The van der Waals surface area contributed by atoms with Crippen LogP contribution in [0.15, 0.2) is 72.8 Å². The molecule has 5 nitrogen and oxygen atoms in total. The molecule has 162 valence electrons. The van der Waals surface area contributed by atoms with E-state index in [1.165, 1.54) is 12.1 Å². The Bertz CT molecular complexity index is 992. The van der Waals surface area contributed by atoms with Gasteiger partial charge in [-0.15, -0.1) is 0 Å². The van der Waals surface area contributed by atoms with Gasteiger partial charge in [-0.1, -0.05) is 30.3 Å². The highest BCUT2D eigenvalue weighted by molar-refractivity contribution is 5.69. The van der Waals surface area contributed by atoms with Crippen LogP contribution in [0.3, 0.4) is 0 Å². The second-order valence-corrected chi connectivity index (χ2v) is 7.42. The first-order valence-electron chi connectivity index (χ1n) is 10.1. The third kappa shape index (κ3) is 6.83. The Morgan fingerprint density at radius 2 is 1.74 bits per heavy atom. The van der Waals surface area contributed by atoms with Crippen LogP contribution in [0.4, 0.5) is 4.39 Å². The maximum atomic E-state index is 13.4. The number of para-hydroxylation sites is 1. The lowest BCUT2D eigenvalue weighted by Crippen LogP contribution is -2.28. The summed E-state index contributed by atoms with van der Waals surface area (Å²) in [6.45, 7) is 2.40. The van der Waals surface area contributed by atoms with Gasteiger partial charge in [0.05, 0.1) is 6.54 Å². The minimum absolute atomic E-state index is 0.0548. The van der Waals surface area contributed by atoms with Crippen LogP contribution >= 0.6 is 0 Å². The lowest BCUT2D eigenvalue weighted by atomic mass is 10.1. The number of carbonyl (C=O) groups is 1. The van der Waals surface area contributed by atoms with Crippen LogP contribution in [-0.4, -0.2) is 36.1 Å². The highest BCUT2D eigenvalue weighted by Gasteiger charge is 2.17. The molecule has 0 heterocycles. The first kappa shape index (κ1) is 22.3. The zero-order chi connectivity index (χ0) is 22.2. The fourth-order valence-corrected chi connectivity index (χ4v) is 3.21. The fourth-order valence-electron chi connectivity index (χ4n) is 3.21. The van der Waals surface area contributed by atoms with Crippen LogP contribution in [0, 0.1) is 12.7 Å². The normalized spacial score (nSPS) is 11.9. The molecule has 0 radical (unpaired) electrons. The van der Waals surface area contributed by atoms with Gasteiger partial charge in [-0.2, -0.15) is 0 Å². The van der Waals surface area contributed by atoms with Crippen LogP contribution in [0.25, 0.3) is 0 Å². The highest BCUT2D eigenvalue weighted by Crippen LogP contribution is 2.31. The van der Waals surface area contributed by atoms with Crippen LogP contribution < -0.4 is 9.47 Å². The van der Waals surface area contributed by atoms with E-state index in [-0.39, 0.29) is 18.5 Å². The van der Waals surface area contributed by atoms with Crippen molar-refractivity contribution in [3.8, 4) is 17.2 Å².